The number of carbonyl (C=O) groups excluding carboxylic acids is 2. The van der Waals surface area contributed by atoms with E-state index < -0.39 is 12.0 Å². The number of rotatable bonds is 6. The molecule has 1 aliphatic rings. The summed E-state index contributed by atoms with van der Waals surface area (Å²) < 4.78 is 43.3. The molecule has 3 aromatic rings. The Labute approximate surface area is 186 Å². The van der Waals surface area contributed by atoms with Gasteiger partial charge in [0.25, 0.3) is 0 Å². The average Bonchev–Trinajstić information content (AvgIpc) is 3.35. The monoisotopic (exact) mass is 465 g/mol. The van der Waals surface area contributed by atoms with Gasteiger partial charge < -0.3 is 20.1 Å². The van der Waals surface area contributed by atoms with Crippen molar-refractivity contribution in [3.05, 3.63) is 35.9 Å². The number of aromatic amines is 1. The van der Waals surface area contributed by atoms with Gasteiger partial charge in [0.2, 0.25) is 17.6 Å². The minimum absolute atomic E-state index is 0.132. The number of fused-ring (bicyclic) bond motifs is 1. The minimum atomic E-state index is -4.57. The number of alkyl halides is 3. The SMILES string of the molecule is Cc1cc(NC(=O)CN2CCN(CC(=O)Nc3ccc4nc(C(F)(F)F)[nH]c4c3)CC2)no1. The van der Waals surface area contributed by atoms with E-state index in [4.69, 9.17) is 4.52 Å². The summed E-state index contributed by atoms with van der Waals surface area (Å²) in [5, 5.41) is 9.09. The molecule has 1 aromatic carbocycles. The van der Waals surface area contributed by atoms with Crippen LogP contribution < -0.4 is 10.6 Å². The van der Waals surface area contributed by atoms with E-state index in [9.17, 15) is 22.8 Å². The van der Waals surface area contributed by atoms with Crippen LogP contribution in [0, 0.1) is 6.92 Å². The van der Waals surface area contributed by atoms with E-state index in [2.05, 4.69) is 25.8 Å². The number of piperazine rings is 1. The lowest BCUT2D eigenvalue weighted by atomic mass is 10.2. The van der Waals surface area contributed by atoms with Gasteiger partial charge in [0.1, 0.15) is 5.76 Å². The molecule has 3 N–H and O–H groups in total. The van der Waals surface area contributed by atoms with Crippen LogP contribution in [0.25, 0.3) is 11.0 Å². The molecule has 0 spiro atoms. The topological polar surface area (TPSA) is 119 Å². The van der Waals surface area contributed by atoms with Gasteiger partial charge in [-0.3, -0.25) is 19.4 Å². The summed E-state index contributed by atoms with van der Waals surface area (Å²) in [5.74, 6) is -0.581. The predicted molar refractivity (Wildman–Crippen MR) is 112 cm³/mol. The Balaban J connectivity index is 1.23. The second-order valence-electron chi connectivity index (χ2n) is 7.79. The molecular formula is C20H22F3N7O3. The zero-order valence-corrected chi connectivity index (χ0v) is 17.7. The van der Waals surface area contributed by atoms with Crippen LogP contribution in [0.4, 0.5) is 24.7 Å². The predicted octanol–water partition coefficient (Wildman–Crippen LogP) is 2.07. The maximum Gasteiger partial charge on any atom is 0.449 e. The number of amides is 2. The van der Waals surface area contributed by atoms with E-state index in [1.165, 1.54) is 18.2 Å². The number of carbonyl (C=O) groups is 2. The van der Waals surface area contributed by atoms with Crippen LogP contribution in [0.5, 0.6) is 0 Å². The molecular weight excluding hydrogens is 443 g/mol. The highest BCUT2D eigenvalue weighted by molar-refractivity contribution is 5.94. The zero-order valence-electron chi connectivity index (χ0n) is 17.7. The molecule has 0 unspecified atom stereocenters. The highest BCUT2D eigenvalue weighted by atomic mass is 19.4. The maximum atomic E-state index is 12.8. The molecule has 0 saturated carbocycles. The first-order valence-corrected chi connectivity index (χ1v) is 10.2. The highest BCUT2D eigenvalue weighted by Gasteiger charge is 2.34. The summed E-state index contributed by atoms with van der Waals surface area (Å²) in [4.78, 5) is 34.2. The van der Waals surface area contributed by atoms with Crippen molar-refractivity contribution in [3.63, 3.8) is 0 Å². The van der Waals surface area contributed by atoms with Crippen molar-refractivity contribution in [3.8, 4) is 0 Å². The highest BCUT2D eigenvalue weighted by Crippen LogP contribution is 2.29. The number of hydrogen-bond acceptors (Lipinski definition) is 7. The largest absolute Gasteiger partial charge is 0.449 e. The lowest BCUT2D eigenvalue weighted by Gasteiger charge is -2.33. The molecule has 10 nitrogen and oxygen atoms in total. The second-order valence-corrected chi connectivity index (χ2v) is 7.79. The molecule has 0 radical (unpaired) electrons. The first-order chi connectivity index (χ1) is 15.7. The van der Waals surface area contributed by atoms with Crippen LogP contribution in [0.15, 0.2) is 28.8 Å². The van der Waals surface area contributed by atoms with Crippen molar-refractivity contribution in [2.75, 3.05) is 49.9 Å². The number of anilines is 2. The summed E-state index contributed by atoms with van der Waals surface area (Å²) in [6, 6.07) is 5.98. The van der Waals surface area contributed by atoms with Gasteiger partial charge in [0, 0.05) is 37.9 Å². The summed E-state index contributed by atoms with van der Waals surface area (Å²) in [6.07, 6.45) is -4.57. The van der Waals surface area contributed by atoms with Crippen LogP contribution in [-0.2, 0) is 15.8 Å². The number of nitrogens with zero attached hydrogens (tertiary/aromatic N) is 4. The van der Waals surface area contributed by atoms with E-state index in [0.29, 0.717) is 43.4 Å². The van der Waals surface area contributed by atoms with E-state index in [0.717, 1.165) is 0 Å². The number of halogens is 3. The Kier molecular flexibility index (Phi) is 6.33. The van der Waals surface area contributed by atoms with Gasteiger partial charge in [0.15, 0.2) is 5.82 Å². The normalized spacial score (nSPS) is 15.6. The molecule has 1 saturated heterocycles. The van der Waals surface area contributed by atoms with Crippen molar-refractivity contribution < 1.29 is 27.3 Å². The van der Waals surface area contributed by atoms with Crippen molar-refractivity contribution in [1.82, 2.24) is 24.9 Å². The summed E-state index contributed by atoms with van der Waals surface area (Å²) in [5.41, 5.74) is 0.732. The Bertz CT molecular complexity index is 1150. The number of benzene rings is 1. The standard InChI is InChI=1S/C20H22F3N7O3/c1-12-8-16(28-33-12)27-18(32)11-30-6-4-29(5-7-30)10-17(31)24-13-2-3-14-15(9-13)26-19(25-14)20(21,22)23/h2-3,8-9H,4-7,10-11H2,1H3,(H,24,31)(H,25,26)(H,27,28,32). The molecule has 2 amide bonds. The number of aromatic nitrogens is 3. The van der Waals surface area contributed by atoms with Gasteiger partial charge in [-0.1, -0.05) is 5.16 Å². The third kappa shape index (κ3) is 5.87. The summed E-state index contributed by atoms with van der Waals surface area (Å²) in [7, 11) is 0. The molecule has 4 rings (SSSR count). The van der Waals surface area contributed by atoms with E-state index in [-0.39, 0.29) is 35.9 Å². The van der Waals surface area contributed by atoms with Crippen LogP contribution in [0.1, 0.15) is 11.6 Å². The Morgan fingerprint density at radius 3 is 2.27 bits per heavy atom. The van der Waals surface area contributed by atoms with E-state index >= 15 is 0 Å². The molecule has 1 aliphatic heterocycles. The van der Waals surface area contributed by atoms with Crippen LogP contribution in [-0.4, -0.2) is 76.0 Å². The Hall–Kier alpha value is -3.45. The van der Waals surface area contributed by atoms with Gasteiger partial charge in [0.05, 0.1) is 24.1 Å². The fraction of sp³-hybridized carbons (Fsp3) is 0.400. The molecule has 1 fully saturated rings. The molecule has 0 atom stereocenters. The number of H-pyrrole nitrogens is 1. The van der Waals surface area contributed by atoms with Gasteiger partial charge in [-0.2, -0.15) is 13.2 Å². The fourth-order valence-electron chi connectivity index (χ4n) is 3.54. The lowest BCUT2D eigenvalue weighted by Crippen LogP contribution is -2.50. The zero-order chi connectivity index (χ0) is 23.6. The van der Waals surface area contributed by atoms with Crippen molar-refractivity contribution >= 4 is 34.4 Å². The molecule has 33 heavy (non-hydrogen) atoms. The number of hydrogen-bond donors (Lipinski definition) is 3. The smallest absolute Gasteiger partial charge is 0.360 e. The van der Waals surface area contributed by atoms with Crippen LogP contribution in [0.2, 0.25) is 0 Å². The van der Waals surface area contributed by atoms with Gasteiger partial charge >= 0.3 is 6.18 Å². The van der Waals surface area contributed by atoms with Crippen LogP contribution in [0.3, 0.4) is 0 Å². The first-order valence-electron chi connectivity index (χ1n) is 10.2. The number of aryl methyl sites for hydroxylation is 1. The summed E-state index contributed by atoms with van der Waals surface area (Å²) >= 11 is 0. The fourth-order valence-corrected chi connectivity index (χ4v) is 3.54. The van der Waals surface area contributed by atoms with Crippen molar-refractivity contribution in [2.45, 2.75) is 13.1 Å². The number of nitrogens with one attached hydrogen (secondary N) is 3. The molecule has 13 heteroatoms. The average molecular weight is 465 g/mol. The maximum absolute atomic E-state index is 12.8. The molecule has 0 aliphatic carbocycles. The third-order valence-corrected chi connectivity index (χ3v) is 5.13. The minimum Gasteiger partial charge on any atom is -0.360 e. The van der Waals surface area contributed by atoms with Crippen molar-refractivity contribution in [1.29, 1.82) is 0 Å². The lowest BCUT2D eigenvalue weighted by molar-refractivity contribution is -0.144. The van der Waals surface area contributed by atoms with E-state index in [1.54, 1.807) is 13.0 Å². The second kappa shape index (κ2) is 9.19. The van der Waals surface area contributed by atoms with E-state index in [1.807, 2.05) is 9.80 Å². The molecule has 0 bridgehead atoms. The van der Waals surface area contributed by atoms with Crippen molar-refractivity contribution in [2.24, 2.45) is 0 Å². The third-order valence-electron chi connectivity index (χ3n) is 5.13. The summed E-state index contributed by atoms with van der Waals surface area (Å²) in [6.45, 7) is 4.48. The van der Waals surface area contributed by atoms with Crippen LogP contribution >= 0.6 is 0 Å². The number of imidazole rings is 1. The first kappa shape index (κ1) is 22.7. The molecule has 3 heterocycles. The molecule has 2 aromatic heterocycles. The van der Waals surface area contributed by atoms with Gasteiger partial charge in [-0.15, -0.1) is 0 Å². The Morgan fingerprint density at radius 1 is 1.06 bits per heavy atom. The molecule has 176 valence electrons. The van der Waals surface area contributed by atoms with Gasteiger partial charge in [-0.05, 0) is 25.1 Å². The quantitative estimate of drug-likeness (QED) is 0.510. The Morgan fingerprint density at radius 2 is 1.70 bits per heavy atom. The van der Waals surface area contributed by atoms with Gasteiger partial charge in [-0.25, -0.2) is 4.98 Å².